The highest BCUT2D eigenvalue weighted by Gasteiger charge is 2.15. The van der Waals surface area contributed by atoms with Gasteiger partial charge in [-0.25, -0.2) is 0 Å². The largest absolute Gasteiger partial charge is 0.389 e. The van der Waals surface area contributed by atoms with Crippen molar-refractivity contribution in [2.45, 2.75) is 13.0 Å². The minimum absolute atomic E-state index is 0.136. The van der Waals surface area contributed by atoms with Crippen LogP contribution in [0.25, 0.3) is 0 Å². The van der Waals surface area contributed by atoms with Gasteiger partial charge in [-0.05, 0) is 42.8 Å². The summed E-state index contributed by atoms with van der Waals surface area (Å²) in [5.41, 5.74) is 8.43. The summed E-state index contributed by atoms with van der Waals surface area (Å²) >= 11 is 17.4. The molecule has 5 heteroatoms. The second-order valence-electron chi connectivity index (χ2n) is 4.87. The van der Waals surface area contributed by atoms with Crippen LogP contribution in [-0.4, -0.2) is 12.0 Å². The van der Waals surface area contributed by atoms with Gasteiger partial charge in [-0.2, -0.15) is 0 Å². The maximum absolute atomic E-state index is 6.35. The van der Waals surface area contributed by atoms with Gasteiger partial charge in [0.2, 0.25) is 0 Å². The maximum atomic E-state index is 6.35. The highest BCUT2D eigenvalue weighted by atomic mass is 35.5. The van der Waals surface area contributed by atoms with Gasteiger partial charge < -0.3 is 10.6 Å². The summed E-state index contributed by atoms with van der Waals surface area (Å²) in [6.07, 6.45) is 0. The van der Waals surface area contributed by atoms with E-state index in [9.17, 15) is 0 Å². The van der Waals surface area contributed by atoms with E-state index in [4.69, 9.17) is 41.2 Å². The quantitative estimate of drug-likeness (QED) is 0.810. The van der Waals surface area contributed by atoms with Gasteiger partial charge in [0.05, 0.1) is 16.8 Å². The minimum atomic E-state index is 0.136. The molecule has 110 valence electrons. The topological polar surface area (TPSA) is 29.3 Å². The highest BCUT2D eigenvalue weighted by molar-refractivity contribution is 7.80. The number of nitrogens with zero attached hydrogens (tertiary/aromatic N) is 1. The molecule has 2 nitrogen and oxygen atoms in total. The summed E-state index contributed by atoms with van der Waals surface area (Å²) in [4.78, 5) is 2.44. The number of anilines is 1. The third kappa shape index (κ3) is 3.67. The first-order valence-corrected chi connectivity index (χ1v) is 7.64. The van der Waals surface area contributed by atoms with Gasteiger partial charge in [-0.1, -0.05) is 47.6 Å². The van der Waals surface area contributed by atoms with Gasteiger partial charge >= 0.3 is 0 Å². The van der Waals surface area contributed by atoms with E-state index >= 15 is 0 Å². The highest BCUT2D eigenvalue weighted by Crippen LogP contribution is 2.32. The van der Waals surface area contributed by atoms with Gasteiger partial charge in [-0.3, -0.25) is 0 Å². The Morgan fingerprint density at radius 2 is 1.90 bits per heavy atom. The first-order chi connectivity index (χ1) is 9.90. The fraction of sp³-hybridized carbons (Fsp3) is 0.188. The molecule has 0 saturated carbocycles. The van der Waals surface area contributed by atoms with Gasteiger partial charge in [0.1, 0.15) is 4.99 Å². The lowest BCUT2D eigenvalue weighted by atomic mass is 10.1. The van der Waals surface area contributed by atoms with Crippen molar-refractivity contribution in [2.24, 2.45) is 5.73 Å². The Labute approximate surface area is 140 Å². The molecule has 0 radical (unpaired) electrons. The predicted octanol–water partition coefficient (Wildman–Crippen LogP) is 4.83. The number of hydrogen-bond acceptors (Lipinski definition) is 2. The molecule has 1 atom stereocenters. The van der Waals surface area contributed by atoms with Crippen LogP contribution in [0.15, 0.2) is 42.5 Å². The molecule has 0 heterocycles. The molecule has 0 aliphatic heterocycles. The van der Waals surface area contributed by atoms with Crippen LogP contribution < -0.4 is 10.6 Å². The molecule has 0 aromatic heterocycles. The summed E-state index contributed by atoms with van der Waals surface area (Å²) in [7, 11) is 1.99. The van der Waals surface area contributed by atoms with Gasteiger partial charge in [0, 0.05) is 17.6 Å². The van der Waals surface area contributed by atoms with Crippen molar-refractivity contribution < 1.29 is 0 Å². The summed E-state index contributed by atoms with van der Waals surface area (Å²) in [5.74, 6) is 0. The zero-order valence-corrected chi connectivity index (χ0v) is 14.1. The van der Waals surface area contributed by atoms with Crippen LogP contribution in [0, 0.1) is 0 Å². The SMILES string of the molecule is CC(c1cccc(Cl)c1)N(C)c1ccc(C(N)=S)cc1Cl. The third-order valence-corrected chi connectivity index (χ3v) is 4.30. The average molecular weight is 339 g/mol. The second-order valence-corrected chi connectivity index (χ2v) is 6.16. The second kappa shape index (κ2) is 6.65. The molecule has 0 spiro atoms. The summed E-state index contributed by atoms with van der Waals surface area (Å²) in [5, 5.41) is 1.35. The van der Waals surface area contributed by atoms with Crippen molar-refractivity contribution in [1.82, 2.24) is 0 Å². The van der Waals surface area contributed by atoms with E-state index < -0.39 is 0 Å². The lowest BCUT2D eigenvalue weighted by Crippen LogP contribution is -2.22. The Kier molecular flexibility index (Phi) is 5.09. The zero-order chi connectivity index (χ0) is 15.6. The molecule has 2 aromatic carbocycles. The molecule has 2 rings (SSSR count). The van der Waals surface area contributed by atoms with Crippen molar-refractivity contribution in [3.05, 3.63) is 63.6 Å². The predicted molar refractivity (Wildman–Crippen MR) is 95.6 cm³/mol. The molecule has 0 aliphatic rings. The molecule has 2 N–H and O–H groups in total. The smallest absolute Gasteiger partial charge is 0.104 e. The maximum Gasteiger partial charge on any atom is 0.104 e. The van der Waals surface area contributed by atoms with E-state index in [1.807, 2.05) is 43.4 Å². The Bertz CT molecular complexity index is 673. The third-order valence-electron chi connectivity index (χ3n) is 3.52. The first-order valence-electron chi connectivity index (χ1n) is 6.48. The van der Waals surface area contributed by atoms with E-state index in [2.05, 4.69) is 11.8 Å². The Hall–Kier alpha value is -1.29. The van der Waals surface area contributed by atoms with Crippen LogP contribution in [0.3, 0.4) is 0 Å². The Balaban J connectivity index is 2.31. The minimum Gasteiger partial charge on any atom is -0.389 e. The Morgan fingerprint density at radius 1 is 1.19 bits per heavy atom. The number of hydrogen-bond donors (Lipinski definition) is 1. The number of thiocarbonyl (C=S) groups is 1. The molecule has 0 bridgehead atoms. The first kappa shape index (κ1) is 16.1. The van der Waals surface area contributed by atoms with E-state index in [1.165, 1.54) is 0 Å². The molecule has 0 fully saturated rings. The molecule has 1 unspecified atom stereocenters. The fourth-order valence-corrected chi connectivity index (χ4v) is 2.78. The van der Waals surface area contributed by atoms with Crippen LogP contribution in [0.4, 0.5) is 5.69 Å². The van der Waals surface area contributed by atoms with Crippen molar-refractivity contribution in [3.8, 4) is 0 Å². The van der Waals surface area contributed by atoms with E-state index in [0.29, 0.717) is 10.0 Å². The van der Waals surface area contributed by atoms with E-state index in [-0.39, 0.29) is 6.04 Å². The van der Waals surface area contributed by atoms with Gasteiger partial charge in [0.25, 0.3) is 0 Å². The summed E-state index contributed by atoms with van der Waals surface area (Å²) in [6, 6.07) is 13.5. The number of rotatable bonds is 4. The van der Waals surface area contributed by atoms with Gasteiger partial charge in [-0.15, -0.1) is 0 Å². The summed E-state index contributed by atoms with van der Waals surface area (Å²) < 4.78 is 0. The fourth-order valence-electron chi connectivity index (χ4n) is 2.14. The van der Waals surface area contributed by atoms with E-state index in [1.54, 1.807) is 6.07 Å². The number of halogens is 2. The van der Waals surface area contributed by atoms with E-state index in [0.717, 1.165) is 21.8 Å². The number of benzene rings is 2. The van der Waals surface area contributed by atoms with Gasteiger partial charge in [0.15, 0.2) is 0 Å². The molecular formula is C16H16Cl2N2S. The van der Waals surface area contributed by atoms with Crippen molar-refractivity contribution in [2.75, 3.05) is 11.9 Å². The summed E-state index contributed by atoms with van der Waals surface area (Å²) in [6.45, 7) is 2.10. The number of nitrogens with two attached hydrogens (primary N) is 1. The van der Waals surface area contributed by atoms with Crippen LogP contribution in [0.1, 0.15) is 24.1 Å². The molecular weight excluding hydrogens is 323 g/mol. The molecule has 0 saturated heterocycles. The lowest BCUT2D eigenvalue weighted by Gasteiger charge is -2.28. The lowest BCUT2D eigenvalue weighted by molar-refractivity contribution is 0.740. The van der Waals surface area contributed by atoms with Crippen LogP contribution in [-0.2, 0) is 0 Å². The van der Waals surface area contributed by atoms with Crippen molar-refractivity contribution in [3.63, 3.8) is 0 Å². The normalized spacial score (nSPS) is 12.0. The molecule has 0 aliphatic carbocycles. The van der Waals surface area contributed by atoms with Crippen LogP contribution >= 0.6 is 35.4 Å². The monoisotopic (exact) mass is 338 g/mol. The van der Waals surface area contributed by atoms with Crippen LogP contribution in [0.2, 0.25) is 10.0 Å². The zero-order valence-electron chi connectivity index (χ0n) is 11.8. The van der Waals surface area contributed by atoms with Crippen molar-refractivity contribution >= 4 is 46.1 Å². The molecule has 21 heavy (non-hydrogen) atoms. The molecule has 2 aromatic rings. The van der Waals surface area contributed by atoms with Crippen molar-refractivity contribution in [1.29, 1.82) is 0 Å². The molecule has 0 amide bonds. The average Bonchev–Trinajstić information content (AvgIpc) is 2.45. The standard InChI is InChI=1S/C16H16Cl2N2S/c1-10(11-4-3-5-13(17)8-11)20(2)15-7-6-12(16(19)21)9-14(15)18/h3-10H,1-2H3,(H2,19,21). The van der Waals surface area contributed by atoms with Crippen LogP contribution in [0.5, 0.6) is 0 Å². The Morgan fingerprint density at radius 3 is 2.48 bits per heavy atom.